The molecule has 7 nitrogen and oxygen atoms in total. The van der Waals surface area contributed by atoms with Gasteiger partial charge >= 0.3 is 0 Å². The Morgan fingerprint density at radius 2 is 2.20 bits per heavy atom. The summed E-state index contributed by atoms with van der Waals surface area (Å²) in [5.41, 5.74) is 6.51. The van der Waals surface area contributed by atoms with Crippen molar-refractivity contribution in [1.82, 2.24) is 19.9 Å². The molecule has 20 heavy (non-hydrogen) atoms. The molecule has 4 unspecified atom stereocenters. The smallest absolute Gasteiger partial charge is 0.145 e. The van der Waals surface area contributed by atoms with Gasteiger partial charge in [-0.2, -0.15) is 0 Å². The predicted molar refractivity (Wildman–Crippen MR) is 75.0 cm³/mol. The fraction of sp³-hybridized carbons (Fsp3) is 0.538. The summed E-state index contributed by atoms with van der Waals surface area (Å²) in [5, 5.41) is 24.2. The molecule has 0 aromatic carbocycles. The predicted octanol–water partition coefficient (Wildman–Crippen LogP) is -0.484. The average Bonchev–Trinajstić information content (AvgIpc) is 2.97. The van der Waals surface area contributed by atoms with E-state index in [1.807, 2.05) is 23.9 Å². The average molecular weight is 277 g/mol. The van der Waals surface area contributed by atoms with Crippen molar-refractivity contribution in [3.8, 4) is 0 Å². The third-order valence-electron chi connectivity index (χ3n) is 4.14. The van der Waals surface area contributed by atoms with E-state index in [-0.39, 0.29) is 12.0 Å². The van der Waals surface area contributed by atoms with E-state index in [9.17, 15) is 10.2 Å². The van der Waals surface area contributed by atoms with E-state index in [1.54, 1.807) is 0 Å². The Bertz CT molecular complexity index is 614. The maximum atomic E-state index is 10.3. The topological polar surface area (TPSA) is 109 Å². The molecule has 4 atom stereocenters. The van der Waals surface area contributed by atoms with Gasteiger partial charge in [0.15, 0.2) is 0 Å². The molecule has 1 aliphatic carbocycles. The maximum absolute atomic E-state index is 10.3. The molecule has 1 fully saturated rings. The first-order valence-electron chi connectivity index (χ1n) is 6.71. The van der Waals surface area contributed by atoms with Gasteiger partial charge in [-0.3, -0.25) is 0 Å². The van der Waals surface area contributed by atoms with Crippen LogP contribution >= 0.6 is 0 Å². The van der Waals surface area contributed by atoms with Crippen LogP contribution in [0.1, 0.15) is 12.5 Å². The molecule has 7 heteroatoms. The summed E-state index contributed by atoms with van der Waals surface area (Å²) in [7, 11) is 1.84. The molecule has 2 heterocycles. The number of nitrogens with two attached hydrogens (primary N) is 1. The Balaban J connectivity index is 1.97. The van der Waals surface area contributed by atoms with E-state index >= 15 is 0 Å². The van der Waals surface area contributed by atoms with Crippen molar-refractivity contribution in [2.75, 3.05) is 19.3 Å². The van der Waals surface area contributed by atoms with Gasteiger partial charge in [0, 0.05) is 18.7 Å². The molecule has 0 spiro atoms. The van der Waals surface area contributed by atoms with E-state index in [0.29, 0.717) is 24.4 Å². The fourth-order valence-electron chi connectivity index (χ4n) is 3.10. The van der Waals surface area contributed by atoms with Crippen molar-refractivity contribution >= 4 is 16.9 Å². The third-order valence-corrected chi connectivity index (χ3v) is 4.14. The van der Waals surface area contributed by atoms with Gasteiger partial charge in [0.2, 0.25) is 0 Å². The summed E-state index contributed by atoms with van der Waals surface area (Å²) in [5.74, 6) is 0.449. The molecule has 108 valence electrons. The molecule has 0 bridgehead atoms. The number of fused-ring (bicyclic) bond motifs is 1. The Morgan fingerprint density at radius 1 is 1.40 bits per heavy atom. The van der Waals surface area contributed by atoms with E-state index < -0.39 is 12.2 Å². The van der Waals surface area contributed by atoms with Gasteiger partial charge in [-0.05, 0) is 19.5 Å². The molecule has 1 aliphatic rings. The number of nitrogens with one attached hydrogen (secondary N) is 1. The number of rotatable bonds is 3. The number of nitrogens with zero attached hydrogens (tertiary/aromatic N) is 3. The van der Waals surface area contributed by atoms with Crippen LogP contribution in [-0.4, -0.2) is 50.5 Å². The highest BCUT2D eigenvalue weighted by Crippen LogP contribution is 2.37. The summed E-state index contributed by atoms with van der Waals surface area (Å²) in [4.78, 5) is 8.20. The Hall–Kier alpha value is -1.70. The number of aliphatic hydroxyl groups is 2. The zero-order valence-corrected chi connectivity index (χ0v) is 11.3. The lowest BCUT2D eigenvalue weighted by atomic mass is 10.1. The van der Waals surface area contributed by atoms with Gasteiger partial charge < -0.3 is 25.8 Å². The van der Waals surface area contributed by atoms with Crippen LogP contribution < -0.4 is 11.1 Å². The fourth-order valence-corrected chi connectivity index (χ4v) is 3.10. The molecule has 5 N–H and O–H groups in total. The first-order chi connectivity index (χ1) is 9.63. The van der Waals surface area contributed by atoms with Crippen molar-refractivity contribution in [3.05, 3.63) is 18.6 Å². The molecule has 0 aliphatic heterocycles. The standard InChI is InChI=1S/C13H19N5O2/c1-15-5-7-4-9(11(20)10(7)19)18-3-2-8-12(14)16-6-17-13(8)18/h2-3,6-7,9-11,15,19-20H,4-5H2,1H3,(H2,14,16,17). The summed E-state index contributed by atoms with van der Waals surface area (Å²) in [6, 6.07) is 1.64. The number of aromatic nitrogens is 3. The van der Waals surface area contributed by atoms with Crippen LogP contribution in [0.25, 0.3) is 11.0 Å². The summed E-state index contributed by atoms with van der Waals surface area (Å²) in [6.45, 7) is 0.672. The van der Waals surface area contributed by atoms with Crippen LogP contribution in [0.5, 0.6) is 0 Å². The molecule has 0 amide bonds. The zero-order chi connectivity index (χ0) is 14.3. The lowest BCUT2D eigenvalue weighted by Gasteiger charge is -2.19. The molecule has 0 radical (unpaired) electrons. The van der Waals surface area contributed by atoms with Crippen molar-refractivity contribution in [3.63, 3.8) is 0 Å². The second-order valence-corrected chi connectivity index (χ2v) is 5.32. The van der Waals surface area contributed by atoms with Crippen LogP contribution in [-0.2, 0) is 0 Å². The molecule has 1 saturated carbocycles. The van der Waals surface area contributed by atoms with Crippen LogP contribution in [0, 0.1) is 5.92 Å². The van der Waals surface area contributed by atoms with Crippen molar-refractivity contribution in [2.45, 2.75) is 24.7 Å². The first kappa shape index (κ1) is 13.3. The van der Waals surface area contributed by atoms with Crippen LogP contribution in [0.2, 0.25) is 0 Å². The van der Waals surface area contributed by atoms with Gasteiger partial charge in [0.1, 0.15) is 23.9 Å². The third kappa shape index (κ3) is 1.94. The normalized spacial score (nSPS) is 30.1. The number of aliphatic hydroxyl groups excluding tert-OH is 2. The van der Waals surface area contributed by atoms with Gasteiger partial charge in [-0.1, -0.05) is 0 Å². The molecule has 2 aromatic rings. The summed E-state index contributed by atoms with van der Waals surface area (Å²) >= 11 is 0. The Kier molecular flexibility index (Phi) is 3.33. The van der Waals surface area contributed by atoms with E-state index in [2.05, 4.69) is 15.3 Å². The summed E-state index contributed by atoms with van der Waals surface area (Å²) in [6.07, 6.45) is 2.41. The monoisotopic (exact) mass is 277 g/mol. The molecule has 2 aromatic heterocycles. The van der Waals surface area contributed by atoms with Gasteiger partial charge in [-0.15, -0.1) is 0 Å². The quantitative estimate of drug-likeness (QED) is 0.603. The molecular formula is C13H19N5O2. The second-order valence-electron chi connectivity index (χ2n) is 5.32. The van der Waals surface area contributed by atoms with E-state index in [0.717, 1.165) is 5.39 Å². The minimum absolute atomic E-state index is 0.0247. The van der Waals surface area contributed by atoms with E-state index in [1.165, 1.54) is 6.33 Å². The van der Waals surface area contributed by atoms with Crippen LogP contribution in [0.4, 0.5) is 5.82 Å². The minimum Gasteiger partial charge on any atom is -0.390 e. The van der Waals surface area contributed by atoms with Gasteiger partial charge in [0.05, 0.1) is 17.5 Å². The number of anilines is 1. The Labute approximate surface area is 116 Å². The lowest BCUT2D eigenvalue weighted by Crippen LogP contribution is -2.32. The number of nitrogen functional groups attached to an aromatic ring is 1. The maximum Gasteiger partial charge on any atom is 0.145 e. The number of hydrogen-bond acceptors (Lipinski definition) is 6. The molecule has 3 rings (SSSR count). The number of hydrogen-bond donors (Lipinski definition) is 4. The van der Waals surface area contributed by atoms with Crippen molar-refractivity contribution in [1.29, 1.82) is 0 Å². The first-order valence-corrected chi connectivity index (χ1v) is 6.71. The largest absolute Gasteiger partial charge is 0.390 e. The van der Waals surface area contributed by atoms with Crippen molar-refractivity contribution in [2.24, 2.45) is 5.92 Å². The SMILES string of the molecule is CNCC1CC(n2ccc3c(N)ncnc32)C(O)C1O. The van der Waals surface area contributed by atoms with Gasteiger partial charge in [-0.25, -0.2) is 9.97 Å². The van der Waals surface area contributed by atoms with Crippen LogP contribution in [0.3, 0.4) is 0 Å². The highest BCUT2D eigenvalue weighted by atomic mass is 16.3. The summed E-state index contributed by atoms with van der Waals surface area (Å²) < 4.78 is 1.89. The highest BCUT2D eigenvalue weighted by Gasteiger charge is 2.42. The molecular weight excluding hydrogens is 258 g/mol. The zero-order valence-electron chi connectivity index (χ0n) is 11.3. The Morgan fingerprint density at radius 3 is 2.95 bits per heavy atom. The van der Waals surface area contributed by atoms with Crippen LogP contribution in [0.15, 0.2) is 18.6 Å². The molecule has 0 saturated heterocycles. The van der Waals surface area contributed by atoms with E-state index in [4.69, 9.17) is 5.73 Å². The second kappa shape index (κ2) is 5.01. The van der Waals surface area contributed by atoms with Gasteiger partial charge in [0.25, 0.3) is 0 Å². The highest BCUT2D eigenvalue weighted by molar-refractivity contribution is 5.86. The van der Waals surface area contributed by atoms with Crippen molar-refractivity contribution < 1.29 is 10.2 Å². The minimum atomic E-state index is -0.805. The lowest BCUT2D eigenvalue weighted by molar-refractivity contribution is 0.00719.